The number of rotatable bonds is 6. The predicted molar refractivity (Wildman–Crippen MR) is 103 cm³/mol. The van der Waals surface area contributed by atoms with E-state index in [-0.39, 0.29) is 5.78 Å². The molecule has 2 N–H and O–H groups in total. The summed E-state index contributed by atoms with van der Waals surface area (Å²) >= 11 is 5.98. The number of Topliss-reactive ketones (excluding diaryl/α,β-unsaturated/α-hetero) is 1. The second-order valence-corrected chi connectivity index (χ2v) is 6.91. The first-order chi connectivity index (χ1) is 12.9. The average molecular weight is 387 g/mol. The smallest absolute Gasteiger partial charge is 0.240 e. The summed E-state index contributed by atoms with van der Waals surface area (Å²) in [7, 11) is 1.49. The molecular weight excluding hydrogens is 368 g/mol. The molecule has 2 amide bonds. The van der Waals surface area contributed by atoms with E-state index in [0.717, 1.165) is 0 Å². The van der Waals surface area contributed by atoms with Crippen LogP contribution in [0.3, 0.4) is 0 Å². The van der Waals surface area contributed by atoms with E-state index >= 15 is 0 Å². The SMILES string of the molecule is COc1ccc(Cl)cc1NC(=O)C1(C(=O)Nc2cccc(C(C)=O)c2)CC1. The summed E-state index contributed by atoms with van der Waals surface area (Å²) in [5.74, 6) is -0.457. The van der Waals surface area contributed by atoms with Crippen LogP contribution in [0.2, 0.25) is 5.02 Å². The number of methoxy groups -OCH3 is 1. The van der Waals surface area contributed by atoms with Crippen molar-refractivity contribution in [1.29, 1.82) is 0 Å². The first-order valence-electron chi connectivity index (χ1n) is 8.43. The molecule has 0 aromatic heterocycles. The molecule has 0 atom stereocenters. The molecule has 140 valence electrons. The molecule has 0 radical (unpaired) electrons. The predicted octanol–water partition coefficient (Wildman–Crippen LogP) is 3.91. The maximum absolute atomic E-state index is 12.8. The van der Waals surface area contributed by atoms with Crippen molar-refractivity contribution >= 4 is 40.6 Å². The molecule has 2 aromatic carbocycles. The fraction of sp³-hybridized carbons (Fsp3) is 0.250. The summed E-state index contributed by atoms with van der Waals surface area (Å²) in [4.78, 5) is 37.0. The van der Waals surface area contributed by atoms with E-state index in [1.54, 1.807) is 42.5 Å². The normalized spacial score (nSPS) is 14.2. The molecule has 0 unspecified atom stereocenters. The lowest BCUT2D eigenvalue weighted by atomic mass is 10.0. The number of carbonyl (C=O) groups excluding carboxylic acids is 3. The van der Waals surface area contributed by atoms with Gasteiger partial charge in [0.25, 0.3) is 0 Å². The van der Waals surface area contributed by atoms with Gasteiger partial charge < -0.3 is 15.4 Å². The van der Waals surface area contributed by atoms with E-state index < -0.39 is 17.2 Å². The average Bonchev–Trinajstić information content (AvgIpc) is 3.44. The van der Waals surface area contributed by atoms with Gasteiger partial charge in [0.05, 0.1) is 12.8 Å². The first kappa shape index (κ1) is 18.9. The van der Waals surface area contributed by atoms with E-state index in [4.69, 9.17) is 16.3 Å². The van der Waals surface area contributed by atoms with Gasteiger partial charge in [0, 0.05) is 16.3 Å². The minimum Gasteiger partial charge on any atom is -0.495 e. The number of nitrogens with one attached hydrogen (secondary N) is 2. The molecule has 27 heavy (non-hydrogen) atoms. The number of amides is 2. The number of halogens is 1. The van der Waals surface area contributed by atoms with Crippen molar-refractivity contribution in [2.75, 3.05) is 17.7 Å². The fourth-order valence-electron chi connectivity index (χ4n) is 2.77. The van der Waals surface area contributed by atoms with Crippen molar-refractivity contribution in [1.82, 2.24) is 0 Å². The highest BCUT2D eigenvalue weighted by molar-refractivity contribution is 6.31. The highest BCUT2D eigenvalue weighted by Gasteiger charge is 2.56. The molecule has 0 spiro atoms. The molecule has 0 heterocycles. The Kier molecular flexibility index (Phi) is 5.19. The number of hydrogen-bond acceptors (Lipinski definition) is 4. The maximum atomic E-state index is 12.8. The summed E-state index contributed by atoms with van der Waals surface area (Å²) in [6, 6.07) is 11.5. The first-order valence-corrected chi connectivity index (χ1v) is 8.81. The van der Waals surface area contributed by atoms with Crippen LogP contribution in [-0.4, -0.2) is 24.7 Å². The van der Waals surface area contributed by atoms with Crippen molar-refractivity contribution in [3.05, 3.63) is 53.1 Å². The van der Waals surface area contributed by atoms with Gasteiger partial charge in [-0.25, -0.2) is 0 Å². The van der Waals surface area contributed by atoms with Crippen molar-refractivity contribution in [2.45, 2.75) is 19.8 Å². The zero-order chi connectivity index (χ0) is 19.6. The standard InChI is InChI=1S/C20H19ClN2O4/c1-12(24)13-4-3-5-15(10-13)22-18(25)20(8-9-20)19(26)23-16-11-14(21)6-7-17(16)27-2/h3-7,10-11H,8-9H2,1-2H3,(H,22,25)(H,23,26). The third-order valence-electron chi connectivity index (χ3n) is 4.56. The van der Waals surface area contributed by atoms with E-state index in [0.29, 0.717) is 40.6 Å². The van der Waals surface area contributed by atoms with E-state index in [1.807, 2.05) is 0 Å². The van der Waals surface area contributed by atoms with Crippen LogP contribution in [0.25, 0.3) is 0 Å². The van der Waals surface area contributed by atoms with Gasteiger partial charge in [-0.2, -0.15) is 0 Å². The van der Waals surface area contributed by atoms with Crippen LogP contribution in [0.15, 0.2) is 42.5 Å². The van der Waals surface area contributed by atoms with Crippen LogP contribution in [-0.2, 0) is 9.59 Å². The molecule has 1 fully saturated rings. The molecule has 3 rings (SSSR count). The van der Waals surface area contributed by atoms with Crippen LogP contribution in [0, 0.1) is 5.41 Å². The Morgan fingerprint density at radius 3 is 2.37 bits per heavy atom. The topological polar surface area (TPSA) is 84.5 Å². The lowest BCUT2D eigenvalue weighted by Crippen LogP contribution is -2.35. The van der Waals surface area contributed by atoms with Gasteiger partial charge in [0.2, 0.25) is 11.8 Å². The van der Waals surface area contributed by atoms with Gasteiger partial charge in [-0.15, -0.1) is 0 Å². The molecule has 7 heteroatoms. The van der Waals surface area contributed by atoms with Crippen LogP contribution in [0.5, 0.6) is 5.75 Å². The summed E-state index contributed by atoms with van der Waals surface area (Å²) in [6.45, 7) is 1.45. The Bertz CT molecular complexity index is 922. The molecule has 1 aliphatic rings. The van der Waals surface area contributed by atoms with Crippen LogP contribution >= 0.6 is 11.6 Å². The summed E-state index contributed by atoms with van der Waals surface area (Å²) in [6.07, 6.45) is 0.889. The Morgan fingerprint density at radius 2 is 1.74 bits per heavy atom. The number of ketones is 1. The lowest BCUT2D eigenvalue weighted by Gasteiger charge is -2.17. The zero-order valence-corrected chi connectivity index (χ0v) is 15.7. The van der Waals surface area contributed by atoms with E-state index in [1.165, 1.54) is 14.0 Å². The van der Waals surface area contributed by atoms with Crippen LogP contribution in [0.4, 0.5) is 11.4 Å². The van der Waals surface area contributed by atoms with Crippen molar-refractivity contribution < 1.29 is 19.1 Å². The van der Waals surface area contributed by atoms with Crippen molar-refractivity contribution in [2.24, 2.45) is 5.41 Å². The van der Waals surface area contributed by atoms with Gasteiger partial charge in [0.15, 0.2) is 5.78 Å². The third-order valence-corrected chi connectivity index (χ3v) is 4.79. The Morgan fingerprint density at radius 1 is 1.04 bits per heavy atom. The van der Waals surface area contributed by atoms with Gasteiger partial charge in [-0.1, -0.05) is 23.7 Å². The molecule has 2 aromatic rings. The molecule has 0 aliphatic heterocycles. The second kappa shape index (κ2) is 7.40. The van der Waals surface area contributed by atoms with E-state index in [2.05, 4.69) is 10.6 Å². The molecule has 1 saturated carbocycles. The molecular formula is C20H19ClN2O4. The number of carbonyl (C=O) groups is 3. The fourth-order valence-corrected chi connectivity index (χ4v) is 2.94. The quantitative estimate of drug-likeness (QED) is 0.582. The van der Waals surface area contributed by atoms with Crippen LogP contribution in [0.1, 0.15) is 30.1 Å². The summed E-state index contributed by atoms with van der Waals surface area (Å²) < 4.78 is 5.22. The number of anilines is 2. The largest absolute Gasteiger partial charge is 0.495 e. The number of hydrogen-bond donors (Lipinski definition) is 2. The van der Waals surface area contributed by atoms with Crippen LogP contribution < -0.4 is 15.4 Å². The Labute approximate surface area is 161 Å². The minimum atomic E-state index is -1.14. The van der Waals surface area contributed by atoms with Crippen molar-refractivity contribution in [3.8, 4) is 5.75 Å². The lowest BCUT2D eigenvalue weighted by molar-refractivity contribution is -0.131. The van der Waals surface area contributed by atoms with Gasteiger partial charge in [0.1, 0.15) is 11.2 Å². The van der Waals surface area contributed by atoms with E-state index in [9.17, 15) is 14.4 Å². The highest BCUT2D eigenvalue weighted by atomic mass is 35.5. The van der Waals surface area contributed by atoms with Crippen molar-refractivity contribution in [3.63, 3.8) is 0 Å². The monoisotopic (exact) mass is 386 g/mol. The second-order valence-electron chi connectivity index (χ2n) is 6.47. The van der Waals surface area contributed by atoms with Gasteiger partial charge in [-0.05, 0) is 50.1 Å². The maximum Gasteiger partial charge on any atom is 0.240 e. The van der Waals surface area contributed by atoms with Gasteiger partial charge in [-0.3, -0.25) is 14.4 Å². The molecule has 0 saturated heterocycles. The summed E-state index contributed by atoms with van der Waals surface area (Å²) in [5.41, 5.74) is 0.241. The molecule has 6 nitrogen and oxygen atoms in total. The Hall–Kier alpha value is -2.86. The number of ether oxygens (including phenoxy) is 1. The molecule has 1 aliphatic carbocycles. The molecule has 0 bridgehead atoms. The summed E-state index contributed by atoms with van der Waals surface area (Å²) in [5, 5.41) is 5.92. The number of benzene rings is 2. The Balaban J connectivity index is 1.75. The van der Waals surface area contributed by atoms with Gasteiger partial charge >= 0.3 is 0 Å². The zero-order valence-electron chi connectivity index (χ0n) is 15.0. The highest BCUT2D eigenvalue weighted by Crippen LogP contribution is 2.48. The minimum absolute atomic E-state index is 0.0990. The third kappa shape index (κ3) is 3.95.